The standard InChI is InChI=1S/C21H27N3O3/c1-15-9-11-21(12-10-15)19(26)24(20(27)22-21)14-18(25)23-13-5-8-17(23)16-6-3-2-4-7-16/h2-4,6-7,15,17H,5,8-14H2,1H3,(H,22,27)/t15?,17-,21?/m1/s1. The van der Waals surface area contributed by atoms with Crippen LogP contribution >= 0.6 is 0 Å². The maximum absolute atomic E-state index is 13.0. The van der Waals surface area contributed by atoms with Crippen LogP contribution in [0.1, 0.15) is 57.1 Å². The smallest absolute Gasteiger partial charge is 0.325 e. The number of rotatable bonds is 3. The van der Waals surface area contributed by atoms with Crippen molar-refractivity contribution in [3.8, 4) is 0 Å². The van der Waals surface area contributed by atoms with E-state index in [1.54, 1.807) is 0 Å². The molecule has 0 unspecified atom stereocenters. The summed E-state index contributed by atoms with van der Waals surface area (Å²) in [6.45, 7) is 2.68. The van der Waals surface area contributed by atoms with E-state index in [0.717, 1.165) is 36.1 Å². The monoisotopic (exact) mass is 369 g/mol. The lowest BCUT2D eigenvalue weighted by molar-refractivity contribution is -0.140. The van der Waals surface area contributed by atoms with E-state index in [4.69, 9.17) is 0 Å². The van der Waals surface area contributed by atoms with E-state index in [1.807, 2.05) is 35.2 Å². The molecule has 2 saturated heterocycles. The Balaban J connectivity index is 1.46. The number of amides is 4. The van der Waals surface area contributed by atoms with Gasteiger partial charge in [0.05, 0.1) is 6.04 Å². The van der Waals surface area contributed by atoms with Crippen LogP contribution in [-0.2, 0) is 9.59 Å². The topological polar surface area (TPSA) is 69.7 Å². The van der Waals surface area contributed by atoms with Crippen molar-refractivity contribution in [3.63, 3.8) is 0 Å². The molecule has 27 heavy (non-hydrogen) atoms. The molecule has 2 heterocycles. The fraction of sp³-hybridized carbons (Fsp3) is 0.571. The van der Waals surface area contributed by atoms with Gasteiger partial charge in [-0.1, -0.05) is 37.3 Å². The van der Waals surface area contributed by atoms with Gasteiger partial charge < -0.3 is 10.2 Å². The van der Waals surface area contributed by atoms with Gasteiger partial charge in [-0.3, -0.25) is 14.5 Å². The van der Waals surface area contributed by atoms with Crippen molar-refractivity contribution in [2.75, 3.05) is 13.1 Å². The van der Waals surface area contributed by atoms with Crippen LogP contribution in [0.25, 0.3) is 0 Å². The van der Waals surface area contributed by atoms with Gasteiger partial charge in [-0.05, 0) is 50.0 Å². The molecule has 1 spiro atoms. The molecule has 4 rings (SSSR count). The molecule has 3 aliphatic rings. The number of nitrogens with one attached hydrogen (secondary N) is 1. The molecule has 4 amide bonds. The number of hydrogen-bond donors (Lipinski definition) is 1. The molecular formula is C21H27N3O3. The van der Waals surface area contributed by atoms with Gasteiger partial charge in [-0.2, -0.15) is 0 Å². The lowest BCUT2D eigenvalue weighted by Gasteiger charge is -2.33. The SMILES string of the molecule is CC1CCC2(CC1)NC(=O)N(CC(=O)N1CCC[C@@H]1c1ccccc1)C2=O. The van der Waals surface area contributed by atoms with Crippen LogP contribution in [0.3, 0.4) is 0 Å². The van der Waals surface area contributed by atoms with Crippen LogP contribution in [0.15, 0.2) is 30.3 Å². The normalized spacial score (nSPS) is 30.9. The highest BCUT2D eigenvalue weighted by atomic mass is 16.2. The fourth-order valence-corrected chi connectivity index (χ4v) is 4.73. The quantitative estimate of drug-likeness (QED) is 0.833. The number of benzene rings is 1. The zero-order valence-electron chi connectivity index (χ0n) is 15.8. The van der Waals surface area contributed by atoms with Gasteiger partial charge in [0.15, 0.2) is 0 Å². The molecule has 2 aliphatic heterocycles. The number of hydrogen-bond acceptors (Lipinski definition) is 3. The first-order chi connectivity index (χ1) is 13.0. The van der Waals surface area contributed by atoms with Gasteiger partial charge in [-0.15, -0.1) is 0 Å². The van der Waals surface area contributed by atoms with Crippen LogP contribution in [-0.4, -0.2) is 46.3 Å². The second kappa shape index (κ2) is 6.98. The Morgan fingerprint density at radius 3 is 2.56 bits per heavy atom. The number of carbonyl (C=O) groups excluding carboxylic acids is 3. The zero-order valence-corrected chi connectivity index (χ0v) is 15.8. The Kier molecular flexibility index (Phi) is 4.66. The largest absolute Gasteiger partial charge is 0.334 e. The summed E-state index contributed by atoms with van der Waals surface area (Å²) in [4.78, 5) is 41.4. The highest BCUT2D eigenvalue weighted by molar-refractivity contribution is 6.09. The molecule has 1 aromatic carbocycles. The van der Waals surface area contributed by atoms with Crippen molar-refractivity contribution in [2.24, 2.45) is 5.92 Å². The van der Waals surface area contributed by atoms with E-state index in [1.165, 1.54) is 0 Å². The second-order valence-electron chi connectivity index (χ2n) is 8.24. The maximum atomic E-state index is 13.0. The first-order valence-electron chi connectivity index (χ1n) is 9.99. The minimum absolute atomic E-state index is 0.0314. The highest BCUT2D eigenvalue weighted by Crippen LogP contribution is 2.37. The fourth-order valence-electron chi connectivity index (χ4n) is 4.73. The van der Waals surface area contributed by atoms with E-state index in [2.05, 4.69) is 12.2 Å². The summed E-state index contributed by atoms with van der Waals surface area (Å²) >= 11 is 0. The summed E-state index contributed by atoms with van der Waals surface area (Å²) in [7, 11) is 0. The van der Waals surface area contributed by atoms with Crippen molar-refractivity contribution in [1.82, 2.24) is 15.1 Å². The van der Waals surface area contributed by atoms with Crippen molar-refractivity contribution < 1.29 is 14.4 Å². The van der Waals surface area contributed by atoms with E-state index >= 15 is 0 Å². The number of urea groups is 1. The van der Waals surface area contributed by atoms with Gasteiger partial charge in [0.25, 0.3) is 5.91 Å². The molecule has 1 aliphatic carbocycles. The first kappa shape index (κ1) is 18.0. The van der Waals surface area contributed by atoms with Gasteiger partial charge in [0, 0.05) is 6.54 Å². The molecule has 0 aromatic heterocycles. The summed E-state index contributed by atoms with van der Waals surface area (Å²) in [6, 6.07) is 9.58. The van der Waals surface area contributed by atoms with Gasteiger partial charge >= 0.3 is 6.03 Å². The number of carbonyl (C=O) groups is 3. The summed E-state index contributed by atoms with van der Waals surface area (Å²) in [5, 5.41) is 2.90. The van der Waals surface area contributed by atoms with Gasteiger partial charge in [-0.25, -0.2) is 4.79 Å². The Morgan fingerprint density at radius 1 is 1.15 bits per heavy atom. The third-order valence-corrected chi connectivity index (χ3v) is 6.42. The van der Waals surface area contributed by atoms with Crippen molar-refractivity contribution >= 4 is 17.8 Å². The van der Waals surface area contributed by atoms with E-state index < -0.39 is 11.6 Å². The summed E-state index contributed by atoms with van der Waals surface area (Å²) < 4.78 is 0. The minimum atomic E-state index is -0.784. The van der Waals surface area contributed by atoms with Crippen molar-refractivity contribution in [2.45, 2.75) is 57.0 Å². The van der Waals surface area contributed by atoms with Crippen LogP contribution in [0.5, 0.6) is 0 Å². The summed E-state index contributed by atoms with van der Waals surface area (Å²) in [5.41, 5.74) is 0.326. The van der Waals surface area contributed by atoms with E-state index in [-0.39, 0.29) is 24.4 Å². The van der Waals surface area contributed by atoms with Crippen LogP contribution < -0.4 is 5.32 Å². The third-order valence-electron chi connectivity index (χ3n) is 6.42. The average molecular weight is 369 g/mol. The Bertz CT molecular complexity index is 740. The molecule has 6 nitrogen and oxygen atoms in total. The number of imide groups is 1. The van der Waals surface area contributed by atoms with Crippen molar-refractivity contribution in [1.29, 1.82) is 0 Å². The molecule has 0 bridgehead atoms. The van der Waals surface area contributed by atoms with Gasteiger partial charge in [0.2, 0.25) is 5.91 Å². The number of nitrogens with zero attached hydrogens (tertiary/aromatic N) is 2. The molecular weight excluding hydrogens is 342 g/mol. The molecule has 3 fully saturated rings. The minimum Gasteiger partial charge on any atom is -0.334 e. The molecule has 1 N–H and O–H groups in total. The molecule has 1 saturated carbocycles. The maximum Gasteiger partial charge on any atom is 0.325 e. The molecule has 1 atom stereocenters. The molecule has 6 heteroatoms. The second-order valence-corrected chi connectivity index (χ2v) is 8.24. The lowest BCUT2D eigenvalue weighted by atomic mass is 9.77. The van der Waals surface area contributed by atoms with Gasteiger partial charge in [0.1, 0.15) is 12.1 Å². The van der Waals surface area contributed by atoms with Crippen LogP contribution in [0.2, 0.25) is 0 Å². The van der Waals surface area contributed by atoms with Crippen molar-refractivity contribution in [3.05, 3.63) is 35.9 Å². The lowest BCUT2D eigenvalue weighted by Crippen LogP contribution is -2.50. The number of likely N-dealkylation sites (tertiary alicyclic amines) is 1. The van der Waals surface area contributed by atoms with Crippen LogP contribution in [0, 0.1) is 5.92 Å². The molecule has 0 radical (unpaired) electrons. The van der Waals surface area contributed by atoms with E-state index in [0.29, 0.717) is 25.3 Å². The summed E-state index contributed by atoms with van der Waals surface area (Å²) in [6.07, 6.45) is 5.04. The Morgan fingerprint density at radius 2 is 1.85 bits per heavy atom. The molecule has 1 aromatic rings. The van der Waals surface area contributed by atoms with Crippen LogP contribution in [0.4, 0.5) is 4.79 Å². The average Bonchev–Trinajstić information content (AvgIpc) is 3.25. The highest BCUT2D eigenvalue weighted by Gasteiger charge is 2.52. The zero-order chi connectivity index (χ0) is 19.0. The molecule has 144 valence electrons. The Labute approximate surface area is 159 Å². The third kappa shape index (κ3) is 3.22. The van der Waals surface area contributed by atoms with E-state index in [9.17, 15) is 14.4 Å². The Hall–Kier alpha value is -2.37. The summed E-state index contributed by atoms with van der Waals surface area (Å²) in [5.74, 6) is 0.210. The predicted molar refractivity (Wildman–Crippen MR) is 101 cm³/mol. The predicted octanol–water partition coefficient (Wildman–Crippen LogP) is 2.85. The first-order valence-corrected chi connectivity index (χ1v) is 9.99.